The zero-order chi connectivity index (χ0) is 40.4. The van der Waals surface area contributed by atoms with Crippen LogP contribution in [0.2, 0.25) is 0 Å². The summed E-state index contributed by atoms with van der Waals surface area (Å²) in [7, 11) is 52.7. The second kappa shape index (κ2) is 13.0. The molecule has 11 rings (SSSR count). The van der Waals surface area contributed by atoms with Gasteiger partial charge in [0.05, 0.1) is 0 Å². The first-order chi connectivity index (χ1) is 28.6. The van der Waals surface area contributed by atoms with E-state index in [2.05, 4.69) is 24.3 Å². The molecule has 0 spiro atoms. The van der Waals surface area contributed by atoms with Crippen molar-refractivity contribution in [2.75, 3.05) is 0 Å². The third-order valence-corrected chi connectivity index (χ3v) is 11.3. The Bertz CT molecular complexity index is 3540. The minimum Gasteiger partial charge on any atom is -0.456 e. The predicted octanol–water partition coefficient (Wildman–Crippen LogP) is 2.12. The van der Waals surface area contributed by atoms with Crippen molar-refractivity contribution in [2.45, 2.75) is 0 Å². The first-order valence-electron chi connectivity index (χ1n) is 18.6. The first kappa shape index (κ1) is 35.6. The number of hydrogen-bond donors (Lipinski definition) is 0. The molecule has 0 aliphatic carbocycles. The van der Waals surface area contributed by atoms with Crippen LogP contribution in [0.4, 0.5) is 0 Å². The van der Waals surface area contributed by atoms with E-state index in [0.29, 0.717) is 50.2 Å². The largest absolute Gasteiger partial charge is 0.456 e. The standard InChI is InChI=1S/C45H18B8N4O2/c46-32-30-31-33(47)35(49)37(51)39(53)41(31)57(40(30)38(52)36(50)34(32)48)45-55-43(19-8-2-1-3-9-19)54-44(56-45)24-13-7-15-28-29(24)25-18-20(16-17-27(25)58-28)21-11-6-12-23-22-10-4-5-14-26(22)59-42(21)23/h1-18H. The van der Waals surface area contributed by atoms with Crippen LogP contribution in [0.15, 0.2) is 118 Å². The number of rotatable bonds is 4. The van der Waals surface area contributed by atoms with E-state index in [0.717, 1.165) is 49.4 Å². The average Bonchev–Trinajstić information content (AvgIpc) is 3.96. The maximum atomic E-state index is 6.79. The lowest BCUT2D eigenvalue weighted by Crippen LogP contribution is -2.49. The molecular formula is C45H18B8N4O2. The van der Waals surface area contributed by atoms with E-state index in [1.807, 2.05) is 84.9 Å². The van der Waals surface area contributed by atoms with Crippen LogP contribution in [0, 0.1) is 0 Å². The van der Waals surface area contributed by atoms with E-state index < -0.39 is 0 Å². The number of aromatic nitrogens is 4. The fourth-order valence-electron chi connectivity index (χ4n) is 8.37. The average molecular weight is 733 g/mol. The number of para-hydroxylation sites is 2. The van der Waals surface area contributed by atoms with Crippen LogP contribution in [0.5, 0.6) is 0 Å². The van der Waals surface area contributed by atoms with E-state index in [4.69, 9.17) is 86.6 Å². The summed E-state index contributed by atoms with van der Waals surface area (Å²) >= 11 is 0. The summed E-state index contributed by atoms with van der Waals surface area (Å²) in [5, 5.41) is 4.47. The van der Waals surface area contributed by atoms with Gasteiger partial charge in [-0.25, -0.2) is 4.98 Å². The van der Waals surface area contributed by atoms with Crippen LogP contribution in [-0.4, -0.2) is 82.3 Å². The molecular weight excluding hydrogens is 715 g/mol. The molecule has 0 N–H and O–H groups in total. The smallest absolute Gasteiger partial charge is 0.238 e. The molecule has 0 unspecified atom stereocenters. The molecule has 254 valence electrons. The van der Waals surface area contributed by atoms with E-state index in [1.54, 1.807) is 4.57 Å². The quantitative estimate of drug-likeness (QED) is 0.260. The van der Waals surface area contributed by atoms with Crippen LogP contribution in [-0.2, 0) is 0 Å². The molecule has 0 aliphatic rings. The summed E-state index contributed by atoms with van der Waals surface area (Å²) in [6.07, 6.45) is 0. The van der Waals surface area contributed by atoms with E-state index >= 15 is 0 Å². The zero-order valence-corrected chi connectivity index (χ0v) is 31.1. The van der Waals surface area contributed by atoms with Crippen molar-refractivity contribution in [2.24, 2.45) is 0 Å². The van der Waals surface area contributed by atoms with Gasteiger partial charge in [-0.3, -0.25) is 4.57 Å². The van der Waals surface area contributed by atoms with Gasteiger partial charge in [0, 0.05) is 49.3 Å². The van der Waals surface area contributed by atoms with Gasteiger partial charge in [-0.2, -0.15) is 9.97 Å². The third kappa shape index (κ3) is 5.08. The highest BCUT2D eigenvalue weighted by Gasteiger charge is 2.26. The zero-order valence-electron chi connectivity index (χ0n) is 31.1. The molecule has 0 saturated carbocycles. The Morgan fingerprint density at radius 1 is 0.390 bits per heavy atom. The molecule has 14 heteroatoms. The highest BCUT2D eigenvalue weighted by molar-refractivity contribution is 6.71. The van der Waals surface area contributed by atoms with Crippen molar-refractivity contribution in [1.82, 2.24) is 19.5 Å². The summed E-state index contributed by atoms with van der Waals surface area (Å²) in [5.74, 6) is 0.806. The van der Waals surface area contributed by atoms with Crippen molar-refractivity contribution < 1.29 is 8.83 Å². The second-order valence-corrected chi connectivity index (χ2v) is 14.5. The van der Waals surface area contributed by atoms with Crippen LogP contribution < -0.4 is 43.7 Å². The molecule has 4 aromatic heterocycles. The van der Waals surface area contributed by atoms with Crippen molar-refractivity contribution in [3.8, 4) is 39.9 Å². The fraction of sp³-hybridized carbons (Fsp3) is 0. The normalized spacial score (nSPS) is 11.9. The van der Waals surface area contributed by atoms with Gasteiger partial charge in [0.2, 0.25) is 5.95 Å². The monoisotopic (exact) mass is 734 g/mol. The van der Waals surface area contributed by atoms with Crippen LogP contribution >= 0.6 is 0 Å². The van der Waals surface area contributed by atoms with E-state index in [-0.39, 0.29) is 49.7 Å². The first-order valence-corrected chi connectivity index (χ1v) is 18.6. The lowest BCUT2D eigenvalue weighted by molar-refractivity contribution is 0.668. The Hall–Kier alpha value is -6.53. The summed E-state index contributed by atoms with van der Waals surface area (Å²) in [6, 6.07) is 35.6. The highest BCUT2D eigenvalue weighted by atomic mass is 16.3. The molecule has 0 amide bonds. The van der Waals surface area contributed by atoms with Gasteiger partial charge in [-0.1, -0.05) is 107 Å². The minimum atomic E-state index is 0.0680. The van der Waals surface area contributed by atoms with Gasteiger partial charge >= 0.3 is 0 Å². The molecule has 0 atom stereocenters. The number of nitrogens with zero attached hydrogens (tertiary/aromatic N) is 4. The number of furan rings is 2. The molecule has 4 heterocycles. The fourth-order valence-corrected chi connectivity index (χ4v) is 8.37. The molecule has 0 saturated heterocycles. The van der Waals surface area contributed by atoms with E-state index in [1.165, 1.54) is 0 Å². The third-order valence-electron chi connectivity index (χ3n) is 11.3. The Balaban J connectivity index is 1.22. The van der Waals surface area contributed by atoms with E-state index in [9.17, 15) is 0 Å². The van der Waals surface area contributed by atoms with Crippen LogP contribution in [0.25, 0.3) is 106 Å². The molecule has 0 fully saturated rings. The number of hydrogen-bond acceptors (Lipinski definition) is 5. The van der Waals surface area contributed by atoms with Gasteiger partial charge < -0.3 is 8.83 Å². The molecule has 6 nitrogen and oxygen atoms in total. The van der Waals surface area contributed by atoms with Crippen molar-refractivity contribution in [1.29, 1.82) is 0 Å². The van der Waals surface area contributed by atoms with Crippen molar-refractivity contribution in [3.05, 3.63) is 109 Å². The topological polar surface area (TPSA) is 69.9 Å². The van der Waals surface area contributed by atoms with Crippen molar-refractivity contribution in [3.63, 3.8) is 0 Å². The Morgan fingerprint density at radius 2 is 0.966 bits per heavy atom. The molecule has 11 aromatic rings. The van der Waals surface area contributed by atoms with Gasteiger partial charge in [-0.05, 0) is 40.6 Å². The summed E-state index contributed by atoms with van der Waals surface area (Å²) in [4.78, 5) is 15.2. The molecule has 7 aromatic carbocycles. The lowest BCUT2D eigenvalue weighted by Gasteiger charge is -2.17. The minimum absolute atomic E-state index is 0.0680. The van der Waals surface area contributed by atoms with Gasteiger partial charge in [-0.15, -0.1) is 21.9 Å². The molecule has 0 aliphatic heterocycles. The van der Waals surface area contributed by atoms with Gasteiger partial charge in [0.15, 0.2) is 11.6 Å². The number of benzene rings is 7. The number of fused-ring (bicyclic) bond motifs is 9. The molecule has 16 radical (unpaired) electrons. The highest BCUT2D eigenvalue weighted by Crippen LogP contribution is 2.41. The SMILES string of the molecule is [B]c1c([B])c([B])c2c(c1[B])c1c([B])c([B])c([B])c([B])c1n2-c1nc(-c2ccccc2)nc(-c2cccc3oc4ccc(-c5cccc6c5oc5ccccc56)cc4c23)n1. The maximum Gasteiger partial charge on any atom is 0.238 e. The second-order valence-electron chi connectivity index (χ2n) is 14.5. The Morgan fingerprint density at radius 3 is 1.69 bits per heavy atom. The Labute approximate surface area is 348 Å². The van der Waals surface area contributed by atoms with Crippen LogP contribution in [0.3, 0.4) is 0 Å². The predicted molar refractivity (Wildman–Crippen MR) is 248 cm³/mol. The summed E-state index contributed by atoms with van der Waals surface area (Å²) in [5.41, 5.74) is 7.64. The summed E-state index contributed by atoms with van der Waals surface area (Å²) in [6.45, 7) is 0. The molecule has 0 bridgehead atoms. The maximum absolute atomic E-state index is 6.79. The van der Waals surface area contributed by atoms with Gasteiger partial charge in [0.25, 0.3) is 0 Å². The van der Waals surface area contributed by atoms with Gasteiger partial charge in [0.1, 0.15) is 85.1 Å². The van der Waals surface area contributed by atoms with Crippen LogP contribution in [0.1, 0.15) is 0 Å². The Kier molecular flexibility index (Phi) is 7.84. The van der Waals surface area contributed by atoms with Crippen molar-refractivity contribution >= 4 is 172 Å². The lowest BCUT2D eigenvalue weighted by atomic mass is 9.63. The molecule has 59 heavy (non-hydrogen) atoms. The summed E-state index contributed by atoms with van der Waals surface area (Å²) < 4.78 is 14.5.